The molecule has 0 aliphatic carbocycles. The van der Waals surface area contributed by atoms with Crippen LogP contribution in [0.25, 0.3) is 16.9 Å². The van der Waals surface area contributed by atoms with Crippen molar-refractivity contribution in [3.63, 3.8) is 0 Å². The van der Waals surface area contributed by atoms with Crippen molar-refractivity contribution in [1.29, 1.82) is 0 Å². The summed E-state index contributed by atoms with van der Waals surface area (Å²) < 4.78 is 21.7. The van der Waals surface area contributed by atoms with Crippen molar-refractivity contribution in [2.45, 2.75) is 19.4 Å². The van der Waals surface area contributed by atoms with E-state index in [1.807, 2.05) is 36.5 Å². The molecule has 0 atom stereocenters. The lowest BCUT2D eigenvalue weighted by Gasteiger charge is -2.19. The van der Waals surface area contributed by atoms with E-state index in [1.165, 1.54) is 12.1 Å². The molecule has 2 aromatic heterocycles. The first kappa shape index (κ1) is 19.5. The summed E-state index contributed by atoms with van der Waals surface area (Å²) in [5, 5.41) is 4.28. The Hall–Kier alpha value is -3.45. The number of fused-ring (bicyclic) bond motifs is 1. The van der Waals surface area contributed by atoms with Crippen LogP contribution in [0.15, 0.2) is 60.9 Å². The lowest BCUT2D eigenvalue weighted by Crippen LogP contribution is -2.24. The molecular formula is C23H18ClFN4O2. The standard InChI is InChI=1S/C23H18ClFN4O2/c24-18-8-7-17(12-19(18)25)31-21-11-15(20-14-29-22(27-20)3-1-9-26-29)5-6-16(21)13-28-10-2-4-23(28)30/h1,3,5-9,11-12,14H,2,4,10,13H2. The second kappa shape index (κ2) is 8.00. The van der Waals surface area contributed by atoms with Crippen molar-refractivity contribution in [3.05, 3.63) is 77.3 Å². The molecule has 1 saturated heterocycles. The van der Waals surface area contributed by atoms with E-state index in [0.29, 0.717) is 31.0 Å². The smallest absolute Gasteiger partial charge is 0.222 e. The van der Waals surface area contributed by atoms with E-state index in [4.69, 9.17) is 16.3 Å². The highest BCUT2D eigenvalue weighted by Gasteiger charge is 2.22. The summed E-state index contributed by atoms with van der Waals surface area (Å²) in [6, 6.07) is 13.7. The molecule has 1 fully saturated rings. The summed E-state index contributed by atoms with van der Waals surface area (Å²) >= 11 is 5.80. The second-order valence-corrected chi connectivity index (χ2v) is 7.78. The molecule has 8 heteroatoms. The molecule has 0 spiro atoms. The molecule has 0 radical (unpaired) electrons. The zero-order valence-corrected chi connectivity index (χ0v) is 17.2. The van der Waals surface area contributed by atoms with Gasteiger partial charge in [0.1, 0.15) is 17.3 Å². The zero-order chi connectivity index (χ0) is 21.4. The Bertz CT molecular complexity index is 1260. The number of carbonyl (C=O) groups excluding carboxylic acids is 1. The van der Waals surface area contributed by atoms with Gasteiger partial charge in [-0.05, 0) is 36.8 Å². The number of aromatic nitrogens is 3. The van der Waals surface area contributed by atoms with Crippen LogP contribution in [-0.4, -0.2) is 31.9 Å². The van der Waals surface area contributed by atoms with Gasteiger partial charge in [0, 0.05) is 42.9 Å². The number of halogens is 2. The average molecular weight is 437 g/mol. The van der Waals surface area contributed by atoms with Crippen LogP contribution in [0.5, 0.6) is 11.5 Å². The first-order chi connectivity index (χ1) is 15.1. The van der Waals surface area contributed by atoms with E-state index < -0.39 is 5.82 Å². The van der Waals surface area contributed by atoms with Crippen LogP contribution in [0, 0.1) is 5.82 Å². The number of likely N-dealkylation sites (tertiary alicyclic amines) is 1. The van der Waals surface area contributed by atoms with Gasteiger partial charge in [0.25, 0.3) is 0 Å². The molecular weight excluding hydrogens is 419 g/mol. The highest BCUT2D eigenvalue weighted by atomic mass is 35.5. The van der Waals surface area contributed by atoms with Crippen LogP contribution in [-0.2, 0) is 11.3 Å². The van der Waals surface area contributed by atoms with Crippen molar-refractivity contribution in [1.82, 2.24) is 19.5 Å². The number of carbonyl (C=O) groups is 1. The predicted octanol–water partition coefficient (Wildman–Crippen LogP) is 5.10. The van der Waals surface area contributed by atoms with Gasteiger partial charge in [-0.1, -0.05) is 23.7 Å². The number of rotatable bonds is 5. The fourth-order valence-corrected chi connectivity index (χ4v) is 3.77. The van der Waals surface area contributed by atoms with Gasteiger partial charge in [0.15, 0.2) is 5.65 Å². The number of benzene rings is 2. The molecule has 0 saturated carbocycles. The van der Waals surface area contributed by atoms with Gasteiger partial charge < -0.3 is 9.64 Å². The van der Waals surface area contributed by atoms with Crippen molar-refractivity contribution >= 4 is 23.2 Å². The van der Waals surface area contributed by atoms with Crippen LogP contribution < -0.4 is 4.74 Å². The van der Waals surface area contributed by atoms with Crippen molar-refractivity contribution < 1.29 is 13.9 Å². The summed E-state index contributed by atoms with van der Waals surface area (Å²) in [5.74, 6) is 0.422. The molecule has 156 valence electrons. The number of imidazole rings is 1. The molecule has 5 rings (SSSR count). The molecule has 1 aliphatic heterocycles. The van der Waals surface area contributed by atoms with E-state index in [1.54, 1.807) is 21.7 Å². The van der Waals surface area contributed by atoms with E-state index in [-0.39, 0.29) is 10.9 Å². The Labute approximate surface area is 182 Å². The van der Waals surface area contributed by atoms with Gasteiger partial charge in [-0.25, -0.2) is 13.9 Å². The molecule has 0 N–H and O–H groups in total. The fourth-order valence-electron chi connectivity index (χ4n) is 3.65. The highest BCUT2D eigenvalue weighted by Crippen LogP contribution is 2.33. The Kier molecular flexibility index (Phi) is 5.03. The van der Waals surface area contributed by atoms with E-state index in [9.17, 15) is 9.18 Å². The second-order valence-electron chi connectivity index (χ2n) is 7.37. The molecule has 1 amide bonds. The van der Waals surface area contributed by atoms with Gasteiger partial charge in [0.2, 0.25) is 5.91 Å². The molecule has 1 aliphatic rings. The maximum absolute atomic E-state index is 13.9. The summed E-state index contributed by atoms with van der Waals surface area (Å²) in [4.78, 5) is 18.5. The van der Waals surface area contributed by atoms with E-state index in [2.05, 4.69) is 10.1 Å². The van der Waals surface area contributed by atoms with Gasteiger partial charge in [0.05, 0.1) is 16.9 Å². The number of nitrogens with zero attached hydrogens (tertiary/aromatic N) is 4. The fraction of sp³-hybridized carbons (Fsp3) is 0.174. The third kappa shape index (κ3) is 3.96. The molecule has 4 aromatic rings. The number of hydrogen-bond acceptors (Lipinski definition) is 4. The molecule has 2 aromatic carbocycles. The van der Waals surface area contributed by atoms with E-state index in [0.717, 1.165) is 28.9 Å². The summed E-state index contributed by atoms with van der Waals surface area (Å²) in [5.41, 5.74) is 3.11. The Balaban J connectivity index is 1.53. The van der Waals surface area contributed by atoms with Crippen molar-refractivity contribution in [2.75, 3.05) is 6.54 Å². The third-order valence-corrected chi connectivity index (χ3v) is 5.56. The zero-order valence-electron chi connectivity index (χ0n) is 16.5. The van der Waals surface area contributed by atoms with Crippen molar-refractivity contribution in [3.8, 4) is 22.8 Å². The van der Waals surface area contributed by atoms with Crippen LogP contribution in [0.1, 0.15) is 18.4 Å². The molecule has 3 heterocycles. The van der Waals surface area contributed by atoms with Gasteiger partial charge >= 0.3 is 0 Å². The van der Waals surface area contributed by atoms with Crippen LogP contribution in [0.4, 0.5) is 4.39 Å². The minimum absolute atomic E-state index is 0.0289. The van der Waals surface area contributed by atoms with Gasteiger partial charge in [-0.2, -0.15) is 5.10 Å². The minimum Gasteiger partial charge on any atom is -0.457 e. The largest absolute Gasteiger partial charge is 0.457 e. The molecule has 0 bridgehead atoms. The summed E-state index contributed by atoms with van der Waals surface area (Å²) in [6.45, 7) is 1.14. The summed E-state index contributed by atoms with van der Waals surface area (Å²) in [6.07, 6.45) is 4.94. The summed E-state index contributed by atoms with van der Waals surface area (Å²) in [7, 11) is 0. The first-order valence-corrected chi connectivity index (χ1v) is 10.3. The first-order valence-electron chi connectivity index (χ1n) is 9.91. The number of ether oxygens (including phenoxy) is 1. The normalized spacial score (nSPS) is 13.9. The van der Waals surface area contributed by atoms with Crippen LogP contribution in [0.3, 0.4) is 0 Å². The maximum Gasteiger partial charge on any atom is 0.222 e. The average Bonchev–Trinajstić information content (AvgIpc) is 3.38. The minimum atomic E-state index is -0.557. The topological polar surface area (TPSA) is 59.7 Å². The van der Waals surface area contributed by atoms with E-state index >= 15 is 0 Å². The third-order valence-electron chi connectivity index (χ3n) is 5.25. The number of hydrogen-bond donors (Lipinski definition) is 0. The Morgan fingerprint density at radius 2 is 2.06 bits per heavy atom. The SMILES string of the molecule is O=C1CCCN1Cc1ccc(-c2cn3ncccc3n2)cc1Oc1ccc(Cl)c(F)c1. The predicted molar refractivity (Wildman–Crippen MR) is 115 cm³/mol. The molecule has 0 unspecified atom stereocenters. The lowest BCUT2D eigenvalue weighted by molar-refractivity contribution is -0.128. The van der Waals surface area contributed by atoms with Gasteiger partial charge in [-0.3, -0.25) is 4.79 Å². The van der Waals surface area contributed by atoms with Crippen LogP contribution >= 0.6 is 11.6 Å². The van der Waals surface area contributed by atoms with Crippen LogP contribution in [0.2, 0.25) is 5.02 Å². The molecule has 31 heavy (non-hydrogen) atoms. The Morgan fingerprint density at radius 1 is 1.16 bits per heavy atom. The van der Waals surface area contributed by atoms with Gasteiger partial charge in [-0.15, -0.1) is 0 Å². The Morgan fingerprint density at radius 3 is 2.84 bits per heavy atom. The quantitative estimate of drug-likeness (QED) is 0.436. The highest BCUT2D eigenvalue weighted by molar-refractivity contribution is 6.30. The maximum atomic E-state index is 13.9. The monoisotopic (exact) mass is 436 g/mol. The lowest BCUT2D eigenvalue weighted by atomic mass is 10.1. The molecule has 6 nitrogen and oxygen atoms in total. The van der Waals surface area contributed by atoms with Crippen molar-refractivity contribution in [2.24, 2.45) is 0 Å². The number of amides is 1.